The van der Waals surface area contributed by atoms with Gasteiger partial charge in [-0.1, -0.05) is 0 Å². The average Bonchev–Trinajstić information content (AvgIpc) is 2.39. The molecule has 94 valence electrons. The van der Waals surface area contributed by atoms with E-state index in [1.165, 1.54) is 24.9 Å². The van der Waals surface area contributed by atoms with Crippen LogP contribution in [0.15, 0.2) is 42.1 Å². The van der Waals surface area contributed by atoms with Gasteiger partial charge in [-0.2, -0.15) is 8.42 Å². The largest absolute Gasteiger partial charge is 0.386 e. The van der Waals surface area contributed by atoms with Crippen molar-refractivity contribution in [2.24, 2.45) is 0 Å². The molecule has 2 heterocycles. The predicted molar refractivity (Wildman–Crippen MR) is 66.6 cm³/mol. The molecular formula is C10H11N5O2S. The minimum atomic E-state index is -3.76. The van der Waals surface area contributed by atoms with Crippen LogP contribution in [0, 0.1) is 0 Å². The van der Waals surface area contributed by atoms with Crippen LogP contribution in [0.3, 0.4) is 0 Å². The monoisotopic (exact) mass is 265 g/mol. The van der Waals surface area contributed by atoms with Gasteiger partial charge in [0.2, 0.25) is 0 Å². The molecule has 0 aliphatic carbocycles. The lowest BCUT2D eigenvalue weighted by atomic mass is 10.4. The van der Waals surface area contributed by atoms with Gasteiger partial charge >= 0.3 is 0 Å². The van der Waals surface area contributed by atoms with Crippen molar-refractivity contribution >= 4 is 21.4 Å². The molecule has 0 aliphatic heterocycles. The fourth-order valence-electron chi connectivity index (χ4n) is 1.35. The van der Waals surface area contributed by atoms with Gasteiger partial charge in [0.05, 0.1) is 23.8 Å². The van der Waals surface area contributed by atoms with Gasteiger partial charge in [0.15, 0.2) is 5.03 Å². The van der Waals surface area contributed by atoms with E-state index < -0.39 is 10.0 Å². The molecule has 0 atom stereocenters. The van der Waals surface area contributed by atoms with Crippen molar-refractivity contribution in [3.05, 3.63) is 37.1 Å². The Kier molecular flexibility index (Phi) is 3.38. The van der Waals surface area contributed by atoms with Gasteiger partial charge in [-0.3, -0.25) is 4.72 Å². The van der Waals surface area contributed by atoms with E-state index in [1.807, 2.05) is 0 Å². The number of nitrogens with one attached hydrogen (secondary N) is 2. The Hall–Kier alpha value is -2.22. The van der Waals surface area contributed by atoms with Crippen LogP contribution in [-0.4, -0.2) is 30.4 Å². The Morgan fingerprint density at radius 2 is 1.94 bits per heavy atom. The second-order valence-corrected chi connectivity index (χ2v) is 4.94. The fraction of sp³-hybridized carbons (Fsp3) is 0.100. The van der Waals surface area contributed by atoms with Crippen LogP contribution in [0.1, 0.15) is 0 Å². The molecule has 0 saturated heterocycles. The van der Waals surface area contributed by atoms with Crippen LogP contribution in [0.25, 0.3) is 0 Å². The molecule has 2 aromatic heterocycles. The molecule has 8 heteroatoms. The molecular weight excluding hydrogens is 254 g/mol. The number of hydrogen-bond donors (Lipinski definition) is 2. The molecule has 0 saturated carbocycles. The first-order valence-electron chi connectivity index (χ1n) is 5.04. The molecule has 2 aromatic rings. The number of nitrogens with zero attached hydrogens (tertiary/aromatic N) is 3. The van der Waals surface area contributed by atoms with E-state index in [9.17, 15) is 8.42 Å². The number of sulfonamides is 1. The van der Waals surface area contributed by atoms with Crippen LogP contribution in [0.4, 0.5) is 11.4 Å². The molecule has 0 bridgehead atoms. The first-order valence-corrected chi connectivity index (χ1v) is 6.52. The third-order valence-corrected chi connectivity index (χ3v) is 3.45. The standard InChI is InChI=1S/C10H11N5O2S/c1-11-9-3-2-4-14-10(9)18(16,17)15-8-5-12-7-13-6-8/h2-7,11,15H,1H3. The maximum atomic E-state index is 12.1. The van der Waals surface area contributed by atoms with Crippen molar-refractivity contribution in [1.82, 2.24) is 15.0 Å². The summed E-state index contributed by atoms with van der Waals surface area (Å²) in [5.41, 5.74) is 0.701. The van der Waals surface area contributed by atoms with Crippen LogP contribution in [0.5, 0.6) is 0 Å². The number of rotatable bonds is 4. The van der Waals surface area contributed by atoms with E-state index in [4.69, 9.17) is 0 Å². The van der Waals surface area contributed by atoms with Gasteiger partial charge in [-0.15, -0.1) is 0 Å². The van der Waals surface area contributed by atoms with Gasteiger partial charge in [0, 0.05) is 13.2 Å². The summed E-state index contributed by atoms with van der Waals surface area (Å²) in [4.78, 5) is 11.3. The summed E-state index contributed by atoms with van der Waals surface area (Å²) in [6, 6.07) is 3.28. The quantitative estimate of drug-likeness (QED) is 0.845. The zero-order valence-corrected chi connectivity index (χ0v) is 10.3. The highest BCUT2D eigenvalue weighted by molar-refractivity contribution is 7.92. The first-order chi connectivity index (χ1) is 8.63. The lowest BCUT2D eigenvalue weighted by molar-refractivity contribution is 0.598. The number of pyridine rings is 1. The number of aromatic nitrogens is 3. The van der Waals surface area contributed by atoms with Gasteiger partial charge < -0.3 is 5.32 Å². The second kappa shape index (κ2) is 4.96. The lowest BCUT2D eigenvalue weighted by Gasteiger charge is -2.09. The molecule has 0 radical (unpaired) electrons. The van der Waals surface area contributed by atoms with E-state index in [0.717, 1.165) is 0 Å². The van der Waals surface area contributed by atoms with E-state index in [0.29, 0.717) is 5.69 Å². The molecule has 0 unspecified atom stereocenters. The maximum absolute atomic E-state index is 12.1. The fourth-order valence-corrected chi connectivity index (χ4v) is 2.52. The van der Waals surface area contributed by atoms with Crippen LogP contribution in [-0.2, 0) is 10.0 Å². The normalized spacial score (nSPS) is 10.9. The Morgan fingerprint density at radius 3 is 2.61 bits per heavy atom. The van der Waals surface area contributed by atoms with Crippen molar-refractivity contribution < 1.29 is 8.42 Å². The zero-order chi connectivity index (χ0) is 13.0. The summed E-state index contributed by atoms with van der Waals surface area (Å²) in [6.07, 6.45) is 5.47. The highest BCUT2D eigenvalue weighted by Crippen LogP contribution is 2.19. The topological polar surface area (TPSA) is 96.9 Å². The van der Waals surface area contributed by atoms with E-state index in [1.54, 1.807) is 19.2 Å². The number of hydrogen-bond acceptors (Lipinski definition) is 6. The molecule has 18 heavy (non-hydrogen) atoms. The third-order valence-electron chi connectivity index (χ3n) is 2.11. The Labute approximate surface area is 104 Å². The summed E-state index contributed by atoms with van der Waals surface area (Å²) in [6.45, 7) is 0. The second-order valence-electron chi connectivity index (χ2n) is 3.34. The van der Waals surface area contributed by atoms with Crippen LogP contribution >= 0.6 is 0 Å². The molecule has 0 fully saturated rings. The zero-order valence-electron chi connectivity index (χ0n) is 9.53. The molecule has 0 spiro atoms. The SMILES string of the molecule is CNc1cccnc1S(=O)(=O)Nc1cncnc1. The summed E-state index contributed by atoms with van der Waals surface area (Å²) >= 11 is 0. The molecule has 2 N–H and O–H groups in total. The van der Waals surface area contributed by atoms with Crippen molar-refractivity contribution in [3.63, 3.8) is 0 Å². The van der Waals surface area contributed by atoms with Crippen molar-refractivity contribution in [2.75, 3.05) is 17.1 Å². The van der Waals surface area contributed by atoms with Crippen LogP contribution in [0.2, 0.25) is 0 Å². The van der Waals surface area contributed by atoms with Crippen molar-refractivity contribution in [3.8, 4) is 0 Å². The van der Waals surface area contributed by atoms with E-state index in [-0.39, 0.29) is 10.7 Å². The van der Waals surface area contributed by atoms with Gasteiger partial charge in [-0.05, 0) is 12.1 Å². The molecule has 2 rings (SSSR count). The van der Waals surface area contributed by atoms with E-state index in [2.05, 4.69) is 25.0 Å². The summed E-state index contributed by atoms with van der Waals surface area (Å²) in [5.74, 6) is 0. The maximum Gasteiger partial charge on any atom is 0.281 e. The first kappa shape index (κ1) is 12.2. The highest BCUT2D eigenvalue weighted by Gasteiger charge is 2.19. The highest BCUT2D eigenvalue weighted by atomic mass is 32.2. The smallest absolute Gasteiger partial charge is 0.281 e. The predicted octanol–water partition coefficient (Wildman–Crippen LogP) is 0.714. The minimum absolute atomic E-state index is 0.0728. The third kappa shape index (κ3) is 2.54. The summed E-state index contributed by atoms with van der Waals surface area (Å²) in [5, 5.41) is 2.70. The van der Waals surface area contributed by atoms with Crippen molar-refractivity contribution in [1.29, 1.82) is 0 Å². The molecule has 0 aliphatic rings. The Morgan fingerprint density at radius 1 is 1.22 bits per heavy atom. The van der Waals surface area contributed by atoms with Gasteiger partial charge in [-0.25, -0.2) is 15.0 Å². The molecule has 0 aromatic carbocycles. The Bertz CT molecular complexity index is 630. The van der Waals surface area contributed by atoms with Gasteiger partial charge in [0.25, 0.3) is 10.0 Å². The molecule has 0 amide bonds. The Balaban J connectivity index is 2.37. The number of anilines is 2. The van der Waals surface area contributed by atoms with E-state index >= 15 is 0 Å². The van der Waals surface area contributed by atoms with Crippen molar-refractivity contribution in [2.45, 2.75) is 5.03 Å². The molecule has 7 nitrogen and oxygen atoms in total. The lowest BCUT2D eigenvalue weighted by Crippen LogP contribution is -2.16. The summed E-state index contributed by atoms with van der Waals surface area (Å²) < 4.78 is 26.6. The summed E-state index contributed by atoms with van der Waals surface area (Å²) in [7, 11) is -2.13. The van der Waals surface area contributed by atoms with Crippen LogP contribution < -0.4 is 10.0 Å². The minimum Gasteiger partial charge on any atom is -0.386 e. The van der Waals surface area contributed by atoms with Gasteiger partial charge in [0.1, 0.15) is 6.33 Å². The average molecular weight is 265 g/mol.